The van der Waals surface area contributed by atoms with E-state index < -0.39 is 0 Å². The van der Waals surface area contributed by atoms with Crippen molar-refractivity contribution in [2.75, 3.05) is 37.6 Å². The fourth-order valence-corrected chi connectivity index (χ4v) is 2.83. The summed E-state index contributed by atoms with van der Waals surface area (Å²) in [4.78, 5) is 9.09. The highest BCUT2D eigenvalue weighted by Crippen LogP contribution is 2.26. The Balaban J connectivity index is 2.58. The lowest BCUT2D eigenvalue weighted by atomic mass is 10.3. The Bertz CT molecular complexity index is 383. The smallest absolute Gasteiger partial charge is 0.147 e. The number of rotatable bonds is 8. The Morgan fingerprint density at radius 3 is 2.37 bits per heavy atom. The van der Waals surface area contributed by atoms with Gasteiger partial charge in [-0.05, 0) is 55.0 Å². The van der Waals surface area contributed by atoms with Gasteiger partial charge in [-0.2, -0.15) is 0 Å². The normalized spacial score (nSPS) is 11.1. The number of hydrogen-bond donors (Lipinski definition) is 0. The van der Waals surface area contributed by atoms with E-state index in [1.807, 2.05) is 6.07 Å². The highest BCUT2D eigenvalue weighted by atomic mass is 79.9. The summed E-state index contributed by atoms with van der Waals surface area (Å²) in [5.41, 5.74) is 0. The second-order valence-corrected chi connectivity index (χ2v) is 5.74. The van der Waals surface area contributed by atoms with E-state index >= 15 is 0 Å². The number of hydrogen-bond acceptors (Lipinski definition) is 3. The number of halogens is 2. The minimum Gasteiger partial charge on any atom is -0.356 e. The van der Waals surface area contributed by atoms with Crippen LogP contribution in [-0.4, -0.2) is 42.6 Å². The molecule has 0 radical (unpaired) electrons. The quantitative estimate of drug-likeness (QED) is 0.706. The van der Waals surface area contributed by atoms with E-state index in [4.69, 9.17) is 11.6 Å². The van der Waals surface area contributed by atoms with Crippen molar-refractivity contribution in [1.29, 1.82) is 0 Å². The van der Waals surface area contributed by atoms with Gasteiger partial charge in [0.15, 0.2) is 0 Å². The highest BCUT2D eigenvalue weighted by molar-refractivity contribution is 9.10. The molecular weight excluding hydrogens is 326 g/mol. The van der Waals surface area contributed by atoms with Crippen LogP contribution in [0.4, 0.5) is 5.82 Å². The molecule has 0 atom stereocenters. The van der Waals surface area contributed by atoms with Gasteiger partial charge in [0.2, 0.25) is 0 Å². The summed E-state index contributed by atoms with van der Waals surface area (Å²) in [6.07, 6.45) is 2.93. The third kappa shape index (κ3) is 5.28. The average Bonchev–Trinajstić information content (AvgIpc) is 2.40. The molecule has 0 bridgehead atoms. The number of anilines is 1. The van der Waals surface area contributed by atoms with Crippen molar-refractivity contribution in [3.8, 4) is 0 Å². The first-order valence-electron chi connectivity index (χ1n) is 6.90. The molecule has 108 valence electrons. The predicted octanol–water partition coefficient (Wildman–Crippen LogP) is 4.06. The maximum Gasteiger partial charge on any atom is 0.147 e. The second-order valence-electron chi connectivity index (χ2n) is 4.42. The van der Waals surface area contributed by atoms with Gasteiger partial charge in [0.05, 0.1) is 5.02 Å². The first-order chi connectivity index (χ1) is 9.12. The van der Waals surface area contributed by atoms with Crippen LogP contribution >= 0.6 is 27.5 Å². The summed E-state index contributed by atoms with van der Waals surface area (Å²) in [7, 11) is 0. The van der Waals surface area contributed by atoms with E-state index in [1.165, 1.54) is 0 Å². The highest BCUT2D eigenvalue weighted by Gasteiger charge is 2.11. The standard InChI is InChI=1S/C14H23BrClN3/c1-4-18(5-2)8-7-9-19(6-3)14-13(16)10-12(15)11-17-14/h10-11H,4-9H2,1-3H3. The van der Waals surface area contributed by atoms with Crippen molar-refractivity contribution in [1.82, 2.24) is 9.88 Å². The van der Waals surface area contributed by atoms with Crippen molar-refractivity contribution in [3.05, 3.63) is 21.8 Å². The molecule has 0 aliphatic rings. The van der Waals surface area contributed by atoms with Gasteiger partial charge >= 0.3 is 0 Å². The zero-order valence-electron chi connectivity index (χ0n) is 12.0. The zero-order chi connectivity index (χ0) is 14.3. The summed E-state index contributed by atoms with van der Waals surface area (Å²) in [6, 6.07) is 1.90. The molecule has 0 aliphatic heterocycles. The van der Waals surface area contributed by atoms with E-state index in [2.05, 4.69) is 51.5 Å². The Hall–Kier alpha value is -0.320. The van der Waals surface area contributed by atoms with Crippen LogP contribution in [0, 0.1) is 0 Å². The molecule has 0 saturated carbocycles. The molecular formula is C14H23BrClN3. The first-order valence-corrected chi connectivity index (χ1v) is 8.07. The van der Waals surface area contributed by atoms with E-state index in [9.17, 15) is 0 Å². The van der Waals surface area contributed by atoms with Crippen LogP contribution in [0.1, 0.15) is 27.2 Å². The predicted molar refractivity (Wildman–Crippen MR) is 87.2 cm³/mol. The molecule has 0 fully saturated rings. The minimum absolute atomic E-state index is 0.707. The summed E-state index contributed by atoms with van der Waals surface area (Å²) in [5.74, 6) is 0.881. The molecule has 0 saturated heterocycles. The van der Waals surface area contributed by atoms with Crippen LogP contribution in [0.5, 0.6) is 0 Å². The van der Waals surface area contributed by atoms with Crippen molar-refractivity contribution in [3.63, 3.8) is 0 Å². The summed E-state index contributed by atoms with van der Waals surface area (Å²) in [6.45, 7) is 11.8. The Kier molecular flexibility index (Phi) is 7.73. The monoisotopic (exact) mass is 347 g/mol. The molecule has 5 heteroatoms. The van der Waals surface area contributed by atoms with Crippen molar-refractivity contribution in [2.24, 2.45) is 0 Å². The van der Waals surface area contributed by atoms with Gasteiger partial charge in [-0.25, -0.2) is 4.98 Å². The molecule has 3 nitrogen and oxygen atoms in total. The molecule has 0 amide bonds. The van der Waals surface area contributed by atoms with Gasteiger partial charge in [-0.15, -0.1) is 0 Å². The van der Waals surface area contributed by atoms with Crippen molar-refractivity contribution >= 4 is 33.3 Å². The Morgan fingerprint density at radius 2 is 1.84 bits per heavy atom. The number of nitrogens with zero attached hydrogens (tertiary/aromatic N) is 3. The second kappa shape index (κ2) is 8.77. The van der Waals surface area contributed by atoms with Crippen LogP contribution in [0.15, 0.2) is 16.7 Å². The Morgan fingerprint density at radius 1 is 1.16 bits per heavy atom. The first kappa shape index (κ1) is 16.7. The average molecular weight is 349 g/mol. The van der Waals surface area contributed by atoms with E-state index in [0.717, 1.165) is 49.4 Å². The Labute approximate surface area is 130 Å². The lowest BCUT2D eigenvalue weighted by Gasteiger charge is -2.25. The molecule has 0 unspecified atom stereocenters. The summed E-state index contributed by atoms with van der Waals surface area (Å²) >= 11 is 9.64. The van der Waals surface area contributed by atoms with E-state index in [1.54, 1.807) is 6.20 Å². The van der Waals surface area contributed by atoms with Crippen LogP contribution in [0.3, 0.4) is 0 Å². The minimum atomic E-state index is 0.707. The lowest BCUT2D eigenvalue weighted by Crippen LogP contribution is -2.30. The molecule has 1 aromatic heterocycles. The largest absolute Gasteiger partial charge is 0.356 e. The maximum atomic E-state index is 6.25. The molecule has 1 aromatic rings. The fourth-order valence-electron chi connectivity index (χ4n) is 2.08. The summed E-state index contributed by atoms with van der Waals surface area (Å²) in [5, 5.41) is 0.707. The van der Waals surface area contributed by atoms with Crippen LogP contribution in [-0.2, 0) is 0 Å². The lowest BCUT2D eigenvalue weighted by molar-refractivity contribution is 0.300. The molecule has 0 N–H and O–H groups in total. The molecule has 0 aliphatic carbocycles. The van der Waals surface area contributed by atoms with Gasteiger partial charge in [-0.3, -0.25) is 0 Å². The number of aromatic nitrogens is 1. The molecule has 1 rings (SSSR count). The zero-order valence-corrected chi connectivity index (χ0v) is 14.3. The third-order valence-electron chi connectivity index (χ3n) is 3.27. The topological polar surface area (TPSA) is 19.4 Å². The molecule has 0 aromatic carbocycles. The van der Waals surface area contributed by atoms with Gasteiger partial charge in [0.1, 0.15) is 5.82 Å². The van der Waals surface area contributed by atoms with Gasteiger partial charge in [0, 0.05) is 23.8 Å². The van der Waals surface area contributed by atoms with Gasteiger partial charge in [0.25, 0.3) is 0 Å². The maximum absolute atomic E-state index is 6.25. The molecule has 0 spiro atoms. The van der Waals surface area contributed by atoms with Crippen molar-refractivity contribution in [2.45, 2.75) is 27.2 Å². The SMILES string of the molecule is CCN(CC)CCCN(CC)c1ncc(Br)cc1Cl. The van der Waals surface area contributed by atoms with Gasteiger partial charge < -0.3 is 9.80 Å². The van der Waals surface area contributed by atoms with Crippen molar-refractivity contribution < 1.29 is 0 Å². The van der Waals surface area contributed by atoms with Crippen LogP contribution in [0.2, 0.25) is 5.02 Å². The molecule has 1 heterocycles. The van der Waals surface area contributed by atoms with E-state index in [0.29, 0.717) is 5.02 Å². The molecule has 19 heavy (non-hydrogen) atoms. The fraction of sp³-hybridized carbons (Fsp3) is 0.643. The summed E-state index contributed by atoms with van der Waals surface area (Å²) < 4.78 is 0.917. The van der Waals surface area contributed by atoms with E-state index in [-0.39, 0.29) is 0 Å². The van der Waals surface area contributed by atoms with Crippen LogP contribution < -0.4 is 4.90 Å². The van der Waals surface area contributed by atoms with Crippen LogP contribution in [0.25, 0.3) is 0 Å². The van der Waals surface area contributed by atoms with Gasteiger partial charge in [-0.1, -0.05) is 25.4 Å². The third-order valence-corrected chi connectivity index (χ3v) is 3.98. The number of pyridine rings is 1.